The minimum absolute atomic E-state index is 0.261. The van der Waals surface area contributed by atoms with E-state index in [4.69, 9.17) is 4.42 Å². The first-order chi connectivity index (χ1) is 11.2. The molecule has 0 saturated heterocycles. The van der Waals surface area contributed by atoms with Crippen molar-refractivity contribution < 1.29 is 9.21 Å². The Morgan fingerprint density at radius 2 is 2.04 bits per heavy atom. The monoisotopic (exact) mass is 309 g/mol. The third-order valence-corrected chi connectivity index (χ3v) is 3.85. The second kappa shape index (κ2) is 5.35. The van der Waals surface area contributed by atoms with Crippen molar-refractivity contribution in [3.8, 4) is 11.4 Å². The van der Waals surface area contributed by atoms with Gasteiger partial charge in [-0.3, -0.25) is 4.79 Å². The molecule has 0 aliphatic heterocycles. The Kier molecular flexibility index (Phi) is 3.18. The van der Waals surface area contributed by atoms with Gasteiger partial charge in [-0.2, -0.15) is 0 Å². The van der Waals surface area contributed by atoms with E-state index in [1.807, 2.05) is 35.9 Å². The molecular formula is C16H15N5O2. The standard InChI is InChI=1S/C16H15N5O2/c1-10-8-9-23-14(10)16(22)17-12-4-2-11(3-5-12)15-18-19-20-21(15)13-6-7-13/h2-5,8-9,13H,6-7H2,1H3,(H,17,22). The lowest BCUT2D eigenvalue weighted by Crippen LogP contribution is -2.12. The van der Waals surface area contributed by atoms with Crippen LogP contribution in [0.5, 0.6) is 0 Å². The third kappa shape index (κ3) is 2.61. The number of hydrogen-bond acceptors (Lipinski definition) is 5. The fourth-order valence-corrected chi connectivity index (χ4v) is 2.44. The van der Waals surface area contributed by atoms with Crippen LogP contribution in [0.3, 0.4) is 0 Å². The molecule has 3 aromatic rings. The van der Waals surface area contributed by atoms with Gasteiger partial charge in [-0.25, -0.2) is 4.68 Å². The Morgan fingerprint density at radius 1 is 1.26 bits per heavy atom. The van der Waals surface area contributed by atoms with Gasteiger partial charge in [0, 0.05) is 16.8 Å². The first kappa shape index (κ1) is 13.7. The summed E-state index contributed by atoms with van der Waals surface area (Å²) in [6, 6.07) is 9.64. The molecule has 7 nitrogen and oxygen atoms in total. The van der Waals surface area contributed by atoms with Crippen molar-refractivity contribution in [1.29, 1.82) is 0 Å². The molecule has 0 radical (unpaired) electrons. The van der Waals surface area contributed by atoms with Crippen molar-refractivity contribution in [2.75, 3.05) is 5.32 Å². The number of amides is 1. The number of nitrogens with one attached hydrogen (secondary N) is 1. The molecule has 7 heteroatoms. The molecule has 1 amide bonds. The largest absolute Gasteiger partial charge is 0.459 e. The van der Waals surface area contributed by atoms with Crippen LogP contribution in [0.25, 0.3) is 11.4 Å². The van der Waals surface area contributed by atoms with E-state index in [2.05, 4.69) is 20.8 Å². The fraction of sp³-hybridized carbons (Fsp3) is 0.250. The highest BCUT2D eigenvalue weighted by atomic mass is 16.3. The molecular weight excluding hydrogens is 294 g/mol. The van der Waals surface area contributed by atoms with Crippen LogP contribution in [0, 0.1) is 6.92 Å². The van der Waals surface area contributed by atoms with Crippen LogP contribution in [0.15, 0.2) is 41.0 Å². The average molecular weight is 309 g/mol. The maximum Gasteiger partial charge on any atom is 0.291 e. The molecule has 116 valence electrons. The molecule has 1 saturated carbocycles. The number of carbonyl (C=O) groups excluding carboxylic acids is 1. The van der Waals surface area contributed by atoms with E-state index in [1.165, 1.54) is 6.26 Å². The van der Waals surface area contributed by atoms with Gasteiger partial charge in [-0.05, 0) is 60.5 Å². The Balaban J connectivity index is 1.53. The topological polar surface area (TPSA) is 85.8 Å². The van der Waals surface area contributed by atoms with Crippen molar-refractivity contribution >= 4 is 11.6 Å². The van der Waals surface area contributed by atoms with Crippen LogP contribution in [0.1, 0.15) is 35.0 Å². The number of furan rings is 1. The van der Waals surface area contributed by atoms with Gasteiger partial charge >= 0.3 is 0 Å². The highest BCUT2D eigenvalue weighted by Gasteiger charge is 2.28. The summed E-state index contributed by atoms with van der Waals surface area (Å²) >= 11 is 0. The highest BCUT2D eigenvalue weighted by Crippen LogP contribution is 2.36. The average Bonchev–Trinajstić information content (AvgIpc) is 3.12. The van der Waals surface area contributed by atoms with Gasteiger partial charge in [0.25, 0.3) is 5.91 Å². The molecule has 0 atom stereocenters. The van der Waals surface area contributed by atoms with Crippen LogP contribution in [-0.2, 0) is 0 Å². The quantitative estimate of drug-likeness (QED) is 0.801. The molecule has 1 N–H and O–H groups in total. The zero-order valence-electron chi connectivity index (χ0n) is 12.6. The second-order valence-electron chi connectivity index (χ2n) is 5.64. The number of hydrogen-bond donors (Lipinski definition) is 1. The molecule has 0 bridgehead atoms. The zero-order valence-corrected chi connectivity index (χ0v) is 12.6. The normalized spacial score (nSPS) is 14.0. The predicted molar refractivity (Wildman–Crippen MR) is 82.9 cm³/mol. The Labute approximate surface area is 132 Å². The third-order valence-electron chi connectivity index (χ3n) is 3.85. The molecule has 0 unspecified atom stereocenters. The van der Waals surface area contributed by atoms with Gasteiger partial charge in [0.05, 0.1) is 12.3 Å². The van der Waals surface area contributed by atoms with E-state index in [0.717, 1.165) is 29.8 Å². The molecule has 1 aromatic carbocycles. The van der Waals surface area contributed by atoms with E-state index in [1.54, 1.807) is 6.07 Å². The number of anilines is 1. The molecule has 2 heterocycles. The number of aryl methyl sites for hydroxylation is 1. The number of carbonyl (C=O) groups is 1. The molecule has 2 aromatic heterocycles. The lowest BCUT2D eigenvalue weighted by molar-refractivity contribution is 0.0996. The summed E-state index contributed by atoms with van der Waals surface area (Å²) in [5.74, 6) is 0.821. The summed E-state index contributed by atoms with van der Waals surface area (Å²) in [5, 5.41) is 14.7. The van der Waals surface area contributed by atoms with E-state index in [9.17, 15) is 4.79 Å². The van der Waals surface area contributed by atoms with Crippen molar-refractivity contribution in [3.05, 3.63) is 47.9 Å². The highest BCUT2D eigenvalue weighted by molar-refractivity contribution is 6.03. The van der Waals surface area contributed by atoms with E-state index in [0.29, 0.717) is 17.5 Å². The van der Waals surface area contributed by atoms with Crippen LogP contribution in [-0.4, -0.2) is 26.1 Å². The molecule has 4 rings (SSSR count). The number of tetrazole rings is 1. The second-order valence-corrected chi connectivity index (χ2v) is 5.64. The van der Waals surface area contributed by atoms with E-state index >= 15 is 0 Å². The van der Waals surface area contributed by atoms with Gasteiger partial charge in [-0.15, -0.1) is 5.10 Å². The number of rotatable bonds is 4. The summed E-state index contributed by atoms with van der Waals surface area (Å²) in [6.45, 7) is 1.83. The van der Waals surface area contributed by atoms with Gasteiger partial charge in [0.15, 0.2) is 11.6 Å². The maximum absolute atomic E-state index is 12.1. The van der Waals surface area contributed by atoms with Crippen LogP contribution >= 0.6 is 0 Å². The van der Waals surface area contributed by atoms with Crippen molar-refractivity contribution in [1.82, 2.24) is 20.2 Å². The Morgan fingerprint density at radius 3 is 2.70 bits per heavy atom. The lowest BCUT2D eigenvalue weighted by Gasteiger charge is -2.06. The molecule has 1 aliphatic carbocycles. The lowest BCUT2D eigenvalue weighted by atomic mass is 10.2. The SMILES string of the molecule is Cc1ccoc1C(=O)Nc1ccc(-c2nnnn2C2CC2)cc1. The smallest absolute Gasteiger partial charge is 0.291 e. The summed E-state index contributed by atoms with van der Waals surface area (Å²) in [6.07, 6.45) is 3.74. The first-order valence-corrected chi connectivity index (χ1v) is 7.46. The summed E-state index contributed by atoms with van der Waals surface area (Å²) in [7, 11) is 0. The molecule has 1 fully saturated rings. The first-order valence-electron chi connectivity index (χ1n) is 7.46. The van der Waals surface area contributed by atoms with Crippen LogP contribution in [0.2, 0.25) is 0 Å². The summed E-state index contributed by atoms with van der Waals surface area (Å²) < 4.78 is 7.05. The van der Waals surface area contributed by atoms with Crippen LogP contribution in [0.4, 0.5) is 5.69 Å². The minimum atomic E-state index is -0.261. The van der Waals surface area contributed by atoms with Gasteiger partial charge < -0.3 is 9.73 Å². The van der Waals surface area contributed by atoms with Gasteiger partial charge in [-0.1, -0.05) is 0 Å². The molecule has 1 aliphatic rings. The van der Waals surface area contributed by atoms with E-state index in [-0.39, 0.29) is 5.91 Å². The number of aromatic nitrogens is 4. The maximum atomic E-state index is 12.1. The predicted octanol–water partition coefficient (Wildman–Crippen LogP) is 2.83. The summed E-state index contributed by atoms with van der Waals surface area (Å²) in [5.41, 5.74) is 2.43. The van der Waals surface area contributed by atoms with Crippen molar-refractivity contribution in [2.24, 2.45) is 0 Å². The Bertz CT molecular complexity index is 845. The van der Waals surface area contributed by atoms with Crippen molar-refractivity contribution in [3.63, 3.8) is 0 Å². The van der Waals surface area contributed by atoms with Gasteiger partial charge in [0.1, 0.15) is 0 Å². The minimum Gasteiger partial charge on any atom is -0.459 e. The summed E-state index contributed by atoms with van der Waals surface area (Å²) in [4.78, 5) is 12.1. The Hall–Kier alpha value is -2.96. The number of benzene rings is 1. The zero-order chi connectivity index (χ0) is 15.8. The van der Waals surface area contributed by atoms with Crippen LogP contribution < -0.4 is 5.32 Å². The van der Waals surface area contributed by atoms with Gasteiger partial charge in [0.2, 0.25) is 0 Å². The molecule has 23 heavy (non-hydrogen) atoms. The number of nitrogens with zero attached hydrogens (tertiary/aromatic N) is 4. The van der Waals surface area contributed by atoms with Crippen molar-refractivity contribution in [2.45, 2.75) is 25.8 Å². The van der Waals surface area contributed by atoms with E-state index < -0.39 is 0 Å². The molecule has 0 spiro atoms. The fourth-order valence-electron chi connectivity index (χ4n) is 2.44.